The minimum Gasteiger partial charge on any atom is -0.454 e. The molecule has 2 aromatic rings. The van der Waals surface area contributed by atoms with Crippen molar-refractivity contribution in [1.82, 2.24) is 9.80 Å². The maximum absolute atomic E-state index is 13.6. The van der Waals surface area contributed by atoms with Crippen LogP contribution in [-0.4, -0.2) is 47.9 Å². The van der Waals surface area contributed by atoms with E-state index in [4.69, 9.17) is 4.74 Å². The minimum atomic E-state index is -0.436. The van der Waals surface area contributed by atoms with Gasteiger partial charge in [0.25, 0.3) is 0 Å². The molecule has 1 atom stereocenters. The van der Waals surface area contributed by atoms with Crippen LogP contribution in [0.1, 0.15) is 13.3 Å². The summed E-state index contributed by atoms with van der Waals surface area (Å²) in [6, 6.07) is 12.7. The third-order valence-corrected chi connectivity index (χ3v) is 4.67. The Bertz CT molecular complexity index is 825. The first kappa shape index (κ1) is 18.7. The van der Waals surface area contributed by atoms with Crippen molar-refractivity contribution in [2.75, 3.05) is 25.5 Å². The van der Waals surface area contributed by atoms with E-state index in [0.717, 1.165) is 6.42 Å². The number of amides is 3. The molecule has 3 rings (SSSR count). The third-order valence-electron chi connectivity index (χ3n) is 4.67. The molecule has 3 amide bonds. The first-order chi connectivity index (χ1) is 12.9. The van der Waals surface area contributed by atoms with E-state index in [1.54, 1.807) is 59.3 Å². The summed E-state index contributed by atoms with van der Waals surface area (Å²) in [4.78, 5) is 27.2. The monoisotopic (exact) mass is 371 g/mol. The lowest BCUT2D eigenvalue weighted by atomic mass is 10.2. The number of likely N-dealkylation sites (N-methyl/N-ethyl adjacent to an activating group) is 1. The number of halogens is 1. The number of urea groups is 1. The van der Waals surface area contributed by atoms with Crippen molar-refractivity contribution >= 4 is 17.6 Å². The van der Waals surface area contributed by atoms with Crippen LogP contribution in [0.2, 0.25) is 0 Å². The van der Waals surface area contributed by atoms with Crippen LogP contribution in [0, 0.1) is 5.82 Å². The molecule has 0 radical (unpaired) electrons. The first-order valence-electron chi connectivity index (χ1n) is 8.76. The maximum atomic E-state index is 13.6. The Morgan fingerprint density at radius 1 is 1.19 bits per heavy atom. The van der Waals surface area contributed by atoms with Crippen LogP contribution < -0.4 is 10.1 Å². The molecule has 0 bridgehead atoms. The highest BCUT2D eigenvalue weighted by molar-refractivity contribution is 5.89. The summed E-state index contributed by atoms with van der Waals surface area (Å²) in [5.41, 5.74) is 0.615. The van der Waals surface area contributed by atoms with Crippen LogP contribution in [0.15, 0.2) is 48.5 Å². The third kappa shape index (κ3) is 4.55. The summed E-state index contributed by atoms with van der Waals surface area (Å²) in [7, 11) is 1.75. The van der Waals surface area contributed by atoms with Crippen molar-refractivity contribution in [2.45, 2.75) is 19.4 Å². The van der Waals surface area contributed by atoms with Crippen molar-refractivity contribution in [1.29, 1.82) is 0 Å². The smallest absolute Gasteiger partial charge is 0.321 e. The second-order valence-corrected chi connectivity index (χ2v) is 6.51. The van der Waals surface area contributed by atoms with Crippen LogP contribution in [0.3, 0.4) is 0 Å². The lowest BCUT2D eigenvalue weighted by Gasteiger charge is -2.23. The summed E-state index contributed by atoms with van der Waals surface area (Å²) in [5, 5.41) is 2.83. The van der Waals surface area contributed by atoms with Gasteiger partial charge in [0, 0.05) is 32.7 Å². The van der Waals surface area contributed by atoms with E-state index in [0.29, 0.717) is 24.5 Å². The van der Waals surface area contributed by atoms with Gasteiger partial charge >= 0.3 is 6.03 Å². The number of anilines is 1. The van der Waals surface area contributed by atoms with Gasteiger partial charge in [0.15, 0.2) is 11.6 Å². The van der Waals surface area contributed by atoms with E-state index < -0.39 is 5.82 Å². The van der Waals surface area contributed by atoms with E-state index in [2.05, 4.69) is 5.32 Å². The number of rotatable bonds is 4. The molecular formula is C20H22FN3O3. The second-order valence-electron chi connectivity index (χ2n) is 6.51. The molecule has 2 aromatic carbocycles. The topological polar surface area (TPSA) is 61.9 Å². The quantitative estimate of drug-likeness (QED) is 0.891. The van der Waals surface area contributed by atoms with Gasteiger partial charge in [0.05, 0.1) is 6.04 Å². The first-order valence-corrected chi connectivity index (χ1v) is 8.76. The van der Waals surface area contributed by atoms with Crippen molar-refractivity contribution in [2.24, 2.45) is 0 Å². The molecule has 0 aliphatic carbocycles. The number of hydrogen-bond donors (Lipinski definition) is 1. The molecule has 142 valence electrons. The summed E-state index contributed by atoms with van der Waals surface area (Å²) in [5.74, 6) is 0.177. The van der Waals surface area contributed by atoms with Crippen molar-refractivity contribution in [3.05, 3.63) is 54.3 Å². The van der Waals surface area contributed by atoms with Gasteiger partial charge in [0.1, 0.15) is 5.75 Å². The highest BCUT2D eigenvalue weighted by Gasteiger charge is 2.29. The van der Waals surface area contributed by atoms with E-state index in [-0.39, 0.29) is 23.7 Å². The van der Waals surface area contributed by atoms with Crippen LogP contribution in [-0.2, 0) is 4.79 Å². The molecule has 1 saturated heterocycles. The van der Waals surface area contributed by atoms with Crippen LogP contribution >= 0.6 is 0 Å². The summed E-state index contributed by atoms with van der Waals surface area (Å²) in [6.45, 7) is 2.63. The van der Waals surface area contributed by atoms with Crippen molar-refractivity contribution < 1.29 is 18.7 Å². The summed E-state index contributed by atoms with van der Waals surface area (Å²) in [6.07, 6.45) is 0.763. The second kappa shape index (κ2) is 8.07. The van der Waals surface area contributed by atoms with E-state index in [1.165, 1.54) is 13.0 Å². The summed E-state index contributed by atoms with van der Waals surface area (Å²) < 4.78 is 19.1. The van der Waals surface area contributed by atoms with E-state index >= 15 is 0 Å². The SMILES string of the molecule is CC(=O)N(C)[C@@H]1CCN(C(=O)Nc2ccc(Oc3ccccc3F)cc2)C1. The fourth-order valence-electron chi connectivity index (χ4n) is 2.96. The molecule has 1 N–H and O–H groups in total. The molecule has 1 aliphatic rings. The Labute approximate surface area is 157 Å². The zero-order valence-corrected chi connectivity index (χ0v) is 15.3. The van der Waals surface area contributed by atoms with Gasteiger partial charge in [-0.2, -0.15) is 0 Å². The van der Waals surface area contributed by atoms with E-state index in [1.807, 2.05) is 0 Å². The molecule has 0 unspecified atom stereocenters. The molecule has 7 heteroatoms. The van der Waals surface area contributed by atoms with Gasteiger partial charge in [-0.15, -0.1) is 0 Å². The standard InChI is InChI=1S/C20H22FN3O3/c1-14(25)23(2)16-11-12-24(13-16)20(26)22-15-7-9-17(10-8-15)27-19-6-4-3-5-18(19)21/h3-10,16H,11-13H2,1-2H3,(H,22,26)/t16-/m1/s1. The Morgan fingerprint density at radius 3 is 2.56 bits per heavy atom. The van der Waals surface area contributed by atoms with E-state index in [9.17, 15) is 14.0 Å². The van der Waals surface area contributed by atoms with Crippen molar-refractivity contribution in [3.8, 4) is 11.5 Å². The van der Waals surface area contributed by atoms with Gasteiger partial charge < -0.3 is 19.9 Å². The zero-order chi connectivity index (χ0) is 19.4. The highest BCUT2D eigenvalue weighted by Crippen LogP contribution is 2.25. The normalized spacial score (nSPS) is 16.1. The summed E-state index contributed by atoms with van der Waals surface area (Å²) >= 11 is 0. The van der Waals surface area contributed by atoms with Gasteiger partial charge in [-0.1, -0.05) is 12.1 Å². The maximum Gasteiger partial charge on any atom is 0.321 e. The molecular weight excluding hydrogens is 349 g/mol. The molecule has 1 heterocycles. The number of benzene rings is 2. The van der Waals surface area contributed by atoms with Crippen molar-refractivity contribution in [3.63, 3.8) is 0 Å². The Balaban J connectivity index is 1.56. The fourth-order valence-corrected chi connectivity index (χ4v) is 2.96. The lowest BCUT2D eigenvalue weighted by molar-refractivity contribution is -0.129. The fraction of sp³-hybridized carbons (Fsp3) is 0.300. The molecule has 1 fully saturated rings. The number of para-hydroxylation sites is 1. The lowest BCUT2D eigenvalue weighted by Crippen LogP contribution is -2.40. The van der Waals surface area contributed by atoms with Gasteiger partial charge in [-0.05, 0) is 42.8 Å². The number of carbonyl (C=O) groups is 2. The van der Waals surface area contributed by atoms with Crippen LogP contribution in [0.4, 0.5) is 14.9 Å². The number of likely N-dealkylation sites (tertiary alicyclic amines) is 1. The average Bonchev–Trinajstić information content (AvgIpc) is 3.14. The van der Waals surface area contributed by atoms with Gasteiger partial charge in [0.2, 0.25) is 5.91 Å². The molecule has 1 aliphatic heterocycles. The highest BCUT2D eigenvalue weighted by atomic mass is 19.1. The number of carbonyl (C=O) groups excluding carboxylic acids is 2. The van der Waals surface area contributed by atoms with Gasteiger partial charge in [-0.25, -0.2) is 9.18 Å². The predicted molar refractivity (Wildman–Crippen MR) is 100 cm³/mol. The molecule has 0 saturated carbocycles. The number of ether oxygens (including phenoxy) is 1. The molecule has 27 heavy (non-hydrogen) atoms. The largest absolute Gasteiger partial charge is 0.454 e. The Morgan fingerprint density at radius 2 is 1.89 bits per heavy atom. The zero-order valence-electron chi connectivity index (χ0n) is 15.3. The average molecular weight is 371 g/mol. The molecule has 0 spiro atoms. The minimum absolute atomic E-state index is 0.00676. The number of hydrogen-bond acceptors (Lipinski definition) is 3. The van der Waals surface area contributed by atoms with Crippen LogP contribution in [0.5, 0.6) is 11.5 Å². The Hall–Kier alpha value is -3.09. The van der Waals surface area contributed by atoms with Gasteiger partial charge in [-0.3, -0.25) is 4.79 Å². The Kier molecular flexibility index (Phi) is 5.59. The predicted octanol–water partition coefficient (Wildman–Crippen LogP) is 3.70. The van der Waals surface area contributed by atoms with Crippen LogP contribution in [0.25, 0.3) is 0 Å². The molecule has 6 nitrogen and oxygen atoms in total. The number of nitrogens with zero attached hydrogens (tertiary/aromatic N) is 2. The number of nitrogens with one attached hydrogen (secondary N) is 1. The molecule has 0 aromatic heterocycles.